The van der Waals surface area contributed by atoms with E-state index >= 15 is 0 Å². The fourth-order valence-electron chi connectivity index (χ4n) is 13.7. The first-order valence-electron chi connectivity index (χ1n) is 22.9. The number of aryl methyl sites for hydroxylation is 1. The zero-order valence-corrected chi connectivity index (χ0v) is 36.7. The lowest BCUT2D eigenvalue weighted by Crippen LogP contribution is -2.58. The monoisotopic (exact) mass is 798 g/mol. The molecule has 8 aliphatic carbocycles. The van der Waals surface area contributed by atoms with Gasteiger partial charge in [0.05, 0.1) is 23.1 Å². The SMILES string of the molecule is CC1=CCCC2(C)C(CCC2(O)CN(CC23CC4CC(CC(C4)C2)C3)C(=O)OC2CC(C)CCC2C(C)C)c2ccc(cc2C(=O)c2ccc(C)s2)CC(O)CC1. The second-order valence-corrected chi connectivity index (χ2v) is 22.5. The Morgan fingerprint density at radius 2 is 1.65 bits per heavy atom. The van der Waals surface area contributed by atoms with E-state index in [-0.39, 0.29) is 35.9 Å². The van der Waals surface area contributed by atoms with E-state index in [9.17, 15) is 19.8 Å². The van der Waals surface area contributed by atoms with E-state index in [4.69, 9.17) is 4.74 Å². The molecule has 7 unspecified atom stereocenters. The van der Waals surface area contributed by atoms with Crippen molar-refractivity contribution in [2.24, 2.45) is 46.3 Å². The van der Waals surface area contributed by atoms with Crippen LogP contribution < -0.4 is 0 Å². The van der Waals surface area contributed by atoms with Crippen LogP contribution in [0.4, 0.5) is 4.79 Å². The second-order valence-electron chi connectivity index (χ2n) is 21.2. The summed E-state index contributed by atoms with van der Waals surface area (Å²) in [6, 6.07) is 10.2. The van der Waals surface area contributed by atoms with Gasteiger partial charge in [0, 0.05) is 22.4 Å². The normalized spacial score (nSPS) is 37.8. The molecule has 0 radical (unpaired) electrons. The van der Waals surface area contributed by atoms with Crippen LogP contribution in [-0.4, -0.2) is 57.9 Å². The molecule has 7 heteroatoms. The molecule has 7 atom stereocenters. The standard InChI is InChI=1S/C50H71NO5S/c1-31(2)40-14-10-33(4)20-44(40)56-47(54)51(29-49-26-36-21-37(27-49)23-38(22-36)28-49)30-50(55)19-17-43-41-15-12-35(25-42(41)46(53)45-16-11-34(5)57-45)24-39(52)13-9-32(3)8-7-18-48(43,50)6/h8,11-12,15-16,25,31,33,36-40,43-44,52,55H,7,9-10,13-14,17-24,26-30H2,1-6H3. The van der Waals surface area contributed by atoms with Gasteiger partial charge in [-0.3, -0.25) is 4.79 Å². The molecule has 0 spiro atoms. The molecule has 1 aromatic carbocycles. The molecule has 8 aliphatic rings. The first-order valence-corrected chi connectivity index (χ1v) is 23.7. The van der Waals surface area contributed by atoms with Crippen molar-refractivity contribution in [3.8, 4) is 0 Å². The van der Waals surface area contributed by atoms with Gasteiger partial charge in [0.15, 0.2) is 0 Å². The van der Waals surface area contributed by atoms with E-state index in [2.05, 4.69) is 52.8 Å². The molecule has 1 amide bonds. The lowest BCUT2D eigenvalue weighted by atomic mass is 9.49. The maximum atomic E-state index is 15.0. The van der Waals surface area contributed by atoms with Crippen molar-refractivity contribution in [3.63, 3.8) is 0 Å². The summed E-state index contributed by atoms with van der Waals surface area (Å²) in [4.78, 5) is 33.3. The van der Waals surface area contributed by atoms with Crippen LogP contribution in [0, 0.1) is 53.3 Å². The van der Waals surface area contributed by atoms with Crippen LogP contribution in [0.3, 0.4) is 0 Å². The average Bonchev–Trinajstić information content (AvgIpc) is 3.69. The Hall–Kier alpha value is -2.48. The lowest BCUT2D eigenvalue weighted by molar-refractivity contribution is -0.108. The molecule has 1 aromatic heterocycles. The molecular formula is C50H71NO5S. The van der Waals surface area contributed by atoms with E-state index in [1.165, 1.54) is 61.9 Å². The first-order chi connectivity index (χ1) is 27.1. The van der Waals surface area contributed by atoms with Crippen molar-refractivity contribution in [3.05, 3.63) is 68.4 Å². The summed E-state index contributed by atoms with van der Waals surface area (Å²) >= 11 is 1.53. The van der Waals surface area contributed by atoms with E-state index in [0.29, 0.717) is 49.1 Å². The van der Waals surface area contributed by atoms with Crippen LogP contribution in [0.5, 0.6) is 0 Å². The number of fused-ring (bicyclic) bond motifs is 8. The smallest absolute Gasteiger partial charge is 0.410 e. The number of hydrogen-bond acceptors (Lipinski definition) is 6. The minimum absolute atomic E-state index is 0.0218. The van der Waals surface area contributed by atoms with Crippen LogP contribution in [0.1, 0.15) is 168 Å². The second kappa shape index (κ2) is 16.2. The van der Waals surface area contributed by atoms with Gasteiger partial charge in [0.1, 0.15) is 6.10 Å². The number of carbonyl (C=O) groups is 2. The molecule has 10 rings (SSSR count). The van der Waals surface area contributed by atoms with Crippen LogP contribution in [-0.2, 0) is 11.2 Å². The molecule has 6 fully saturated rings. The van der Waals surface area contributed by atoms with E-state index < -0.39 is 17.1 Å². The summed E-state index contributed by atoms with van der Waals surface area (Å²) < 4.78 is 6.72. The predicted molar refractivity (Wildman–Crippen MR) is 230 cm³/mol. The third-order valence-electron chi connectivity index (χ3n) is 16.5. The molecule has 6 nitrogen and oxygen atoms in total. The number of rotatable bonds is 8. The summed E-state index contributed by atoms with van der Waals surface area (Å²) in [5.74, 6) is 3.54. The zero-order valence-electron chi connectivity index (χ0n) is 35.9. The quantitative estimate of drug-likeness (QED) is 0.205. The van der Waals surface area contributed by atoms with Crippen molar-refractivity contribution in [2.75, 3.05) is 13.1 Å². The number of benzene rings is 1. The van der Waals surface area contributed by atoms with Gasteiger partial charge < -0.3 is 19.8 Å². The maximum absolute atomic E-state index is 15.0. The summed E-state index contributed by atoms with van der Waals surface area (Å²) in [7, 11) is 0. The summed E-state index contributed by atoms with van der Waals surface area (Å²) in [5.41, 5.74) is 2.23. The summed E-state index contributed by atoms with van der Waals surface area (Å²) in [6.45, 7) is 14.2. The number of nitrogens with zero attached hydrogens (tertiary/aromatic N) is 1. The largest absolute Gasteiger partial charge is 0.446 e. The number of allylic oxidation sites excluding steroid dienone is 2. The molecule has 2 N–H and O–H groups in total. The topological polar surface area (TPSA) is 87.1 Å². The van der Waals surface area contributed by atoms with Gasteiger partial charge in [0.2, 0.25) is 5.78 Å². The minimum Gasteiger partial charge on any atom is -0.446 e. The van der Waals surface area contributed by atoms with Crippen LogP contribution in [0.2, 0.25) is 0 Å². The fourth-order valence-corrected chi connectivity index (χ4v) is 14.6. The third-order valence-corrected chi connectivity index (χ3v) is 17.5. The third kappa shape index (κ3) is 8.34. The van der Waals surface area contributed by atoms with Gasteiger partial charge in [0.25, 0.3) is 0 Å². The number of carbonyl (C=O) groups excluding carboxylic acids is 2. The Morgan fingerprint density at radius 3 is 2.32 bits per heavy atom. The molecule has 57 heavy (non-hydrogen) atoms. The number of aliphatic hydroxyl groups is 2. The first kappa shape index (κ1) is 41.3. The van der Waals surface area contributed by atoms with Crippen molar-refractivity contribution in [2.45, 2.75) is 168 Å². The number of ketones is 1. The minimum atomic E-state index is -1.18. The van der Waals surface area contributed by atoms with Gasteiger partial charge in [-0.25, -0.2) is 4.79 Å². The van der Waals surface area contributed by atoms with E-state index in [1.54, 1.807) is 0 Å². The molecule has 1 heterocycles. The number of ether oxygens (including phenoxy) is 1. The molecule has 0 saturated heterocycles. The van der Waals surface area contributed by atoms with Gasteiger partial charge >= 0.3 is 6.09 Å². The van der Waals surface area contributed by atoms with Crippen LogP contribution in [0.15, 0.2) is 42.0 Å². The van der Waals surface area contributed by atoms with Gasteiger partial charge in [-0.1, -0.05) is 57.9 Å². The average molecular weight is 798 g/mol. The maximum Gasteiger partial charge on any atom is 0.410 e. The molecule has 312 valence electrons. The Balaban J connectivity index is 1.17. The van der Waals surface area contributed by atoms with Gasteiger partial charge in [-0.2, -0.15) is 0 Å². The summed E-state index contributed by atoms with van der Waals surface area (Å²) in [6.07, 6.45) is 17.1. The number of aliphatic hydroxyl groups excluding tert-OH is 1. The van der Waals surface area contributed by atoms with Crippen molar-refractivity contribution < 1.29 is 24.5 Å². The highest BCUT2D eigenvalue weighted by Gasteiger charge is 2.59. The Labute approximate surface area is 347 Å². The number of thiophene rings is 1. The van der Waals surface area contributed by atoms with Gasteiger partial charge in [-0.15, -0.1) is 11.3 Å². The Morgan fingerprint density at radius 1 is 0.930 bits per heavy atom. The van der Waals surface area contributed by atoms with Crippen molar-refractivity contribution in [1.82, 2.24) is 4.90 Å². The number of hydrogen-bond donors (Lipinski definition) is 2. The Bertz CT molecular complexity index is 1790. The fraction of sp³-hybridized carbons (Fsp3) is 0.720. The molecule has 6 bridgehead atoms. The zero-order chi connectivity index (χ0) is 40.3. The predicted octanol–water partition coefficient (Wildman–Crippen LogP) is 11.4. The van der Waals surface area contributed by atoms with Crippen LogP contribution in [0.25, 0.3) is 0 Å². The lowest BCUT2D eigenvalue weighted by Gasteiger charge is -2.58. The molecular weight excluding hydrogens is 727 g/mol. The number of amides is 1. The highest BCUT2D eigenvalue weighted by Crippen LogP contribution is 2.62. The van der Waals surface area contributed by atoms with Crippen LogP contribution >= 0.6 is 11.3 Å². The molecule has 6 saturated carbocycles. The van der Waals surface area contributed by atoms with Gasteiger partial charge in [-0.05, 0) is 186 Å². The summed E-state index contributed by atoms with van der Waals surface area (Å²) in [5, 5.41) is 24.6. The van der Waals surface area contributed by atoms with Crippen molar-refractivity contribution >= 4 is 23.2 Å². The highest BCUT2D eigenvalue weighted by molar-refractivity contribution is 7.14. The molecule has 2 aromatic rings. The van der Waals surface area contributed by atoms with E-state index in [1.807, 2.05) is 30.0 Å². The van der Waals surface area contributed by atoms with E-state index in [0.717, 1.165) is 77.2 Å². The highest BCUT2D eigenvalue weighted by atomic mass is 32.1. The Kier molecular flexibility index (Phi) is 11.7. The van der Waals surface area contributed by atoms with Crippen molar-refractivity contribution in [1.29, 1.82) is 0 Å². The molecule has 0 aliphatic heterocycles.